The van der Waals surface area contributed by atoms with E-state index in [1.165, 1.54) is 11.3 Å². The lowest BCUT2D eigenvalue weighted by molar-refractivity contribution is -0.200. The predicted molar refractivity (Wildman–Crippen MR) is 114 cm³/mol. The first-order chi connectivity index (χ1) is 14.5. The lowest BCUT2D eigenvalue weighted by Gasteiger charge is -2.35. The Labute approximate surface area is 180 Å². The van der Waals surface area contributed by atoms with Gasteiger partial charge in [-0.1, -0.05) is 6.42 Å². The van der Waals surface area contributed by atoms with Crippen molar-refractivity contribution in [3.05, 3.63) is 41.5 Å². The SMILES string of the molecule is O=C(C[C@]1(c2ccc(-c3ccncc3)s2)CCCCS1(=O)=O)NOC1CCCCO1. The number of carbonyl (C=O) groups excluding carboxylic acids is 1. The molecule has 0 aliphatic carbocycles. The zero-order chi connectivity index (χ0) is 21.0. The molecule has 4 heterocycles. The molecule has 162 valence electrons. The zero-order valence-corrected chi connectivity index (χ0v) is 18.3. The predicted octanol–water partition coefficient (Wildman–Crippen LogP) is 3.57. The molecule has 0 aromatic carbocycles. The molecule has 0 spiro atoms. The first kappa shape index (κ1) is 21.4. The third-order valence-electron chi connectivity index (χ3n) is 5.75. The van der Waals surface area contributed by atoms with Gasteiger partial charge in [-0.25, -0.2) is 18.7 Å². The molecule has 1 amide bonds. The van der Waals surface area contributed by atoms with Crippen LogP contribution in [-0.4, -0.2) is 38.0 Å². The van der Waals surface area contributed by atoms with Gasteiger partial charge in [-0.05, 0) is 55.5 Å². The van der Waals surface area contributed by atoms with Crippen LogP contribution in [0.3, 0.4) is 0 Å². The zero-order valence-electron chi connectivity index (χ0n) is 16.7. The van der Waals surface area contributed by atoms with E-state index in [0.29, 0.717) is 30.7 Å². The van der Waals surface area contributed by atoms with Crippen LogP contribution in [0.25, 0.3) is 10.4 Å². The number of amides is 1. The van der Waals surface area contributed by atoms with Crippen molar-refractivity contribution >= 4 is 27.1 Å². The molecule has 2 atom stereocenters. The van der Waals surface area contributed by atoms with E-state index in [4.69, 9.17) is 9.57 Å². The van der Waals surface area contributed by atoms with Crippen molar-refractivity contribution in [2.75, 3.05) is 12.4 Å². The van der Waals surface area contributed by atoms with Gasteiger partial charge in [-0.3, -0.25) is 9.78 Å². The first-order valence-electron chi connectivity index (χ1n) is 10.3. The van der Waals surface area contributed by atoms with Gasteiger partial charge in [0.05, 0.1) is 12.2 Å². The van der Waals surface area contributed by atoms with Gasteiger partial charge >= 0.3 is 0 Å². The molecule has 30 heavy (non-hydrogen) atoms. The smallest absolute Gasteiger partial charge is 0.245 e. The summed E-state index contributed by atoms with van der Waals surface area (Å²) in [5.74, 6) is -0.344. The van der Waals surface area contributed by atoms with Gasteiger partial charge in [0.25, 0.3) is 0 Å². The van der Waals surface area contributed by atoms with E-state index >= 15 is 0 Å². The van der Waals surface area contributed by atoms with Crippen LogP contribution in [0, 0.1) is 0 Å². The van der Waals surface area contributed by atoms with E-state index in [1.807, 2.05) is 24.3 Å². The van der Waals surface area contributed by atoms with Crippen LogP contribution in [0.2, 0.25) is 0 Å². The molecule has 9 heteroatoms. The maximum atomic E-state index is 13.2. The molecule has 2 aliphatic heterocycles. The standard InChI is InChI=1S/C21H26N2O5S2/c24-19(23-28-20-5-1-3-13-27-20)15-21(10-2-4-14-30(21,25)26)18-7-6-17(29-18)16-8-11-22-12-9-16/h6-9,11-12,20H,1-5,10,13-15H2,(H,23,24)/t20?,21-/m0/s1. The Balaban J connectivity index is 1.57. The summed E-state index contributed by atoms with van der Waals surface area (Å²) in [5.41, 5.74) is 3.42. The highest BCUT2D eigenvalue weighted by molar-refractivity contribution is 7.92. The number of nitrogens with one attached hydrogen (secondary N) is 1. The second kappa shape index (κ2) is 9.13. The van der Waals surface area contributed by atoms with Crippen molar-refractivity contribution in [1.82, 2.24) is 10.5 Å². The molecule has 2 saturated heterocycles. The van der Waals surface area contributed by atoms with Gasteiger partial charge in [0.2, 0.25) is 5.91 Å². The first-order valence-corrected chi connectivity index (χ1v) is 12.8. The molecule has 0 radical (unpaired) electrons. The van der Waals surface area contributed by atoms with E-state index < -0.39 is 26.8 Å². The number of ether oxygens (including phenoxy) is 1. The molecule has 4 rings (SSSR count). The lowest BCUT2D eigenvalue weighted by atomic mass is 9.94. The fourth-order valence-corrected chi connectivity index (χ4v) is 7.89. The molecule has 0 bridgehead atoms. The minimum atomic E-state index is -3.49. The summed E-state index contributed by atoms with van der Waals surface area (Å²) in [6, 6.07) is 7.55. The fourth-order valence-electron chi connectivity index (χ4n) is 4.10. The highest BCUT2D eigenvalue weighted by atomic mass is 32.2. The molecule has 2 aromatic rings. The number of pyridine rings is 1. The van der Waals surface area contributed by atoms with Crippen LogP contribution in [0.1, 0.15) is 49.8 Å². The molecule has 7 nitrogen and oxygen atoms in total. The Morgan fingerprint density at radius 1 is 1.20 bits per heavy atom. The fraction of sp³-hybridized carbons (Fsp3) is 0.524. The summed E-state index contributed by atoms with van der Waals surface area (Å²) < 4.78 is 30.7. The van der Waals surface area contributed by atoms with Crippen LogP contribution in [-0.2, 0) is 29.0 Å². The average Bonchev–Trinajstić information content (AvgIpc) is 3.26. The summed E-state index contributed by atoms with van der Waals surface area (Å²) in [6.45, 7) is 0.603. The monoisotopic (exact) mass is 450 g/mol. The summed E-state index contributed by atoms with van der Waals surface area (Å²) in [7, 11) is -3.49. The van der Waals surface area contributed by atoms with E-state index in [9.17, 15) is 13.2 Å². The van der Waals surface area contributed by atoms with Crippen LogP contribution >= 0.6 is 11.3 Å². The van der Waals surface area contributed by atoms with Crippen molar-refractivity contribution in [1.29, 1.82) is 0 Å². The Morgan fingerprint density at radius 2 is 2.03 bits per heavy atom. The Morgan fingerprint density at radius 3 is 2.77 bits per heavy atom. The van der Waals surface area contributed by atoms with Crippen molar-refractivity contribution in [3.63, 3.8) is 0 Å². The van der Waals surface area contributed by atoms with E-state index in [-0.39, 0.29) is 12.2 Å². The molecule has 1 unspecified atom stereocenters. The summed E-state index contributed by atoms with van der Waals surface area (Å²) in [5, 5.41) is 0. The molecule has 2 aliphatic rings. The number of hydroxylamine groups is 1. The van der Waals surface area contributed by atoms with Crippen molar-refractivity contribution in [2.24, 2.45) is 0 Å². The van der Waals surface area contributed by atoms with Crippen LogP contribution in [0.4, 0.5) is 0 Å². The van der Waals surface area contributed by atoms with Crippen molar-refractivity contribution in [3.8, 4) is 10.4 Å². The highest BCUT2D eigenvalue weighted by Crippen LogP contribution is 2.47. The number of sulfone groups is 1. The number of hydrogen-bond acceptors (Lipinski definition) is 7. The molecular formula is C21H26N2O5S2. The van der Waals surface area contributed by atoms with Gasteiger partial charge in [0.15, 0.2) is 16.1 Å². The van der Waals surface area contributed by atoms with Crippen molar-refractivity contribution in [2.45, 2.75) is 56.0 Å². The average molecular weight is 451 g/mol. The second-order valence-electron chi connectivity index (χ2n) is 7.79. The van der Waals surface area contributed by atoms with E-state index in [2.05, 4.69) is 10.5 Å². The van der Waals surface area contributed by atoms with Crippen LogP contribution in [0.15, 0.2) is 36.7 Å². The van der Waals surface area contributed by atoms with E-state index in [0.717, 1.165) is 29.7 Å². The lowest BCUT2D eigenvalue weighted by Crippen LogP contribution is -2.45. The number of aromatic nitrogens is 1. The van der Waals surface area contributed by atoms with Gasteiger partial charge < -0.3 is 4.74 Å². The number of hydrogen-bond donors (Lipinski definition) is 1. The molecule has 2 fully saturated rings. The maximum Gasteiger partial charge on any atom is 0.245 e. The third-order valence-corrected chi connectivity index (χ3v) is 9.80. The normalized spacial score (nSPS) is 26.2. The van der Waals surface area contributed by atoms with Crippen LogP contribution in [0.5, 0.6) is 0 Å². The third kappa shape index (κ3) is 4.44. The van der Waals surface area contributed by atoms with Crippen molar-refractivity contribution < 1.29 is 22.8 Å². The molecule has 0 saturated carbocycles. The van der Waals surface area contributed by atoms with Gasteiger partial charge in [0, 0.05) is 35.2 Å². The summed E-state index contributed by atoms with van der Waals surface area (Å²) in [6.07, 6.45) is 7.28. The van der Waals surface area contributed by atoms with Gasteiger partial charge in [-0.15, -0.1) is 11.3 Å². The topological polar surface area (TPSA) is 94.6 Å². The number of thiophene rings is 1. The highest BCUT2D eigenvalue weighted by Gasteiger charge is 2.49. The number of carbonyl (C=O) groups is 1. The Kier molecular flexibility index (Phi) is 6.52. The number of nitrogens with zero attached hydrogens (tertiary/aromatic N) is 1. The van der Waals surface area contributed by atoms with Crippen LogP contribution < -0.4 is 5.48 Å². The van der Waals surface area contributed by atoms with Gasteiger partial charge in [0.1, 0.15) is 4.75 Å². The molecular weight excluding hydrogens is 424 g/mol. The van der Waals surface area contributed by atoms with Gasteiger partial charge in [-0.2, -0.15) is 0 Å². The summed E-state index contributed by atoms with van der Waals surface area (Å²) in [4.78, 5) is 23.8. The quantitative estimate of drug-likeness (QED) is 0.676. The maximum absolute atomic E-state index is 13.2. The number of rotatable bonds is 6. The Bertz CT molecular complexity index is 970. The summed E-state index contributed by atoms with van der Waals surface area (Å²) >= 11 is 1.43. The molecule has 2 aromatic heterocycles. The Hall–Kier alpha value is -1.81. The van der Waals surface area contributed by atoms with E-state index in [1.54, 1.807) is 12.4 Å². The molecule has 1 N–H and O–H groups in total. The minimum Gasteiger partial charge on any atom is -0.350 e. The minimum absolute atomic E-state index is 0.0926. The second-order valence-corrected chi connectivity index (χ2v) is 11.3. The largest absolute Gasteiger partial charge is 0.350 e.